The highest BCUT2D eigenvalue weighted by Gasteiger charge is 2.10. The van der Waals surface area contributed by atoms with Crippen LogP contribution in [0.15, 0.2) is 36.4 Å². The van der Waals surface area contributed by atoms with Crippen molar-refractivity contribution in [2.45, 2.75) is 13.8 Å². The van der Waals surface area contributed by atoms with Gasteiger partial charge in [-0.3, -0.25) is 4.79 Å². The van der Waals surface area contributed by atoms with Crippen LogP contribution in [-0.2, 0) is 4.79 Å². The van der Waals surface area contributed by atoms with Crippen LogP contribution in [0.5, 0.6) is 0 Å². The van der Waals surface area contributed by atoms with E-state index >= 15 is 0 Å². The molecule has 0 aliphatic carbocycles. The zero-order valence-electron chi connectivity index (χ0n) is 12.1. The summed E-state index contributed by atoms with van der Waals surface area (Å²) in [5, 5.41) is 8.90. The van der Waals surface area contributed by atoms with E-state index in [1.54, 1.807) is 37.4 Å². The Morgan fingerprint density at radius 3 is 2.19 bits per heavy atom. The van der Waals surface area contributed by atoms with Gasteiger partial charge in [0.1, 0.15) is 5.82 Å². The standard InChI is InChI=1S/C16H16N2O3/c1-10-14(8-9-15(17-10)18(3)11(2)19)12-4-6-13(7-5-12)16(20)21/h4-9H,1-3H3,(H,20,21). The lowest BCUT2D eigenvalue weighted by Gasteiger charge is -2.15. The summed E-state index contributed by atoms with van der Waals surface area (Å²) in [5.74, 6) is -0.443. The molecule has 5 heteroatoms. The van der Waals surface area contributed by atoms with Gasteiger partial charge in [-0.05, 0) is 36.8 Å². The zero-order valence-corrected chi connectivity index (χ0v) is 12.1. The topological polar surface area (TPSA) is 70.5 Å². The maximum absolute atomic E-state index is 11.3. The van der Waals surface area contributed by atoms with Crippen molar-refractivity contribution in [3.8, 4) is 11.1 Å². The second-order valence-corrected chi connectivity index (χ2v) is 4.76. The number of carboxylic acid groups (broad SMARTS) is 1. The van der Waals surface area contributed by atoms with Gasteiger partial charge in [-0.15, -0.1) is 0 Å². The maximum Gasteiger partial charge on any atom is 0.335 e. The minimum atomic E-state index is -0.949. The van der Waals surface area contributed by atoms with Crippen molar-refractivity contribution in [1.82, 2.24) is 4.98 Å². The van der Waals surface area contributed by atoms with Gasteiger partial charge in [0.2, 0.25) is 5.91 Å². The summed E-state index contributed by atoms with van der Waals surface area (Å²) < 4.78 is 0. The Bertz CT molecular complexity index is 693. The van der Waals surface area contributed by atoms with E-state index in [0.717, 1.165) is 16.8 Å². The summed E-state index contributed by atoms with van der Waals surface area (Å²) >= 11 is 0. The van der Waals surface area contributed by atoms with Crippen molar-refractivity contribution in [1.29, 1.82) is 0 Å². The van der Waals surface area contributed by atoms with Crippen LogP contribution in [0.25, 0.3) is 11.1 Å². The molecule has 0 aliphatic heterocycles. The van der Waals surface area contributed by atoms with Gasteiger partial charge in [0.15, 0.2) is 0 Å². The number of hydrogen-bond donors (Lipinski definition) is 1. The highest BCUT2D eigenvalue weighted by atomic mass is 16.4. The van der Waals surface area contributed by atoms with Crippen LogP contribution < -0.4 is 4.90 Å². The normalized spacial score (nSPS) is 10.2. The number of aryl methyl sites for hydroxylation is 1. The van der Waals surface area contributed by atoms with Crippen LogP contribution in [0.4, 0.5) is 5.82 Å². The van der Waals surface area contributed by atoms with E-state index in [2.05, 4.69) is 4.98 Å². The smallest absolute Gasteiger partial charge is 0.335 e. The second-order valence-electron chi connectivity index (χ2n) is 4.76. The molecular weight excluding hydrogens is 268 g/mol. The molecule has 21 heavy (non-hydrogen) atoms. The molecule has 0 unspecified atom stereocenters. The third-order valence-electron chi connectivity index (χ3n) is 3.33. The largest absolute Gasteiger partial charge is 0.478 e. The SMILES string of the molecule is CC(=O)N(C)c1ccc(-c2ccc(C(=O)O)cc2)c(C)n1. The highest BCUT2D eigenvalue weighted by molar-refractivity contribution is 5.90. The average Bonchev–Trinajstić information content (AvgIpc) is 2.46. The summed E-state index contributed by atoms with van der Waals surface area (Å²) in [6.45, 7) is 3.34. The molecule has 2 aromatic rings. The van der Waals surface area contributed by atoms with Crippen molar-refractivity contribution in [3.63, 3.8) is 0 Å². The molecule has 2 rings (SSSR count). The monoisotopic (exact) mass is 284 g/mol. The molecule has 1 amide bonds. The van der Waals surface area contributed by atoms with Crippen molar-refractivity contribution < 1.29 is 14.7 Å². The summed E-state index contributed by atoms with van der Waals surface area (Å²) in [7, 11) is 1.67. The molecule has 108 valence electrons. The van der Waals surface area contributed by atoms with Gasteiger partial charge in [0.05, 0.1) is 5.56 Å². The molecule has 0 fully saturated rings. The Kier molecular flexibility index (Phi) is 4.03. The van der Waals surface area contributed by atoms with Gasteiger partial charge in [-0.25, -0.2) is 9.78 Å². The first-order valence-corrected chi connectivity index (χ1v) is 6.46. The minimum Gasteiger partial charge on any atom is -0.478 e. The number of aromatic carboxylic acids is 1. The van der Waals surface area contributed by atoms with Crippen LogP contribution in [0.2, 0.25) is 0 Å². The van der Waals surface area contributed by atoms with Crippen LogP contribution in [0.1, 0.15) is 23.0 Å². The molecule has 5 nitrogen and oxygen atoms in total. The van der Waals surface area contributed by atoms with Crippen molar-refractivity contribution in [3.05, 3.63) is 47.7 Å². The zero-order chi connectivity index (χ0) is 15.6. The molecular formula is C16H16N2O3. The Balaban J connectivity index is 2.37. The number of amides is 1. The number of nitrogens with zero attached hydrogens (tertiary/aromatic N) is 2. The van der Waals surface area contributed by atoms with E-state index < -0.39 is 5.97 Å². The van der Waals surface area contributed by atoms with E-state index in [-0.39, 0.29) is 11.5 Å². The molecule has 1 aromatic carbocycles. The first-order valence-electron chi connectivity index (χ1n) is 6.46. The van der Waals surface area contributed by atoms with Gasteiger partial charge < -0.3 is 10.0 Å². The van der Waals surface area contributed by atoms with Crippen molar-refractivity contribution in [2.75, 3.05) is 11.9 Å². The fourth-order valence-electron chi connectivity index (χ4n) is 1.99. The molecule has 0 spiro atoms. The average molecular weight is 284 g/mol. The van der Waals surface area contributed by atoms with Crippen molar-refractivity contribution >= 4 is 17.7 Å². The summed E-state index contributed by atoms with van der Waals surface area (Å²) in [4.78, 5) is 28.1. The Morgan fingerprint density at radius 1 is 1.10 bits per heavy atom. The fourth-order valence-corrected chi connectivity index (χ4v) is 1.99. The van der Waals surface area contributed by atoms with Gasteiger partial charge >= 0.3 is 5.97 Å². The van der Waals surface area contributed by atoms with E-state index in [9.17, 15) is 9.59 Å². The molecule has 0 saturated heterocycles. The maximum atomic E-state index is 11.3. The lowest BCUT2D eigenvalue weighted by molar-refractivity contribution is -0.116. The summed E-state index contributed by atoms with van der Waals surface area (Å²) in [5.41, 5.74) is 2.83. The molecule has 1 heterocycles. The third-order valence-corrected chi connectivity index (χ3v) is 3.33. The van der Waals surface area contributed by atoms with Crippen LogP contribution in [-0.4, -0.2) is 29.0 Å². The fraction of sp³-hybridized carbons (Fsp3) is 0.188. The predicted molar refractivity (Wildman–Crippen MR) is 80.5 cm³/mol. The lowest BCUT2D eigenvalue weighted by Crippen LogP contribution is -2.24. The second kappa shape index (κ2) is 5.75. The molecule has 0 atom stereocenters. The molecule has 0 radical (unpaired) electrons. The van der Waals surface area contributed by atoms with E-state index in [4.69, 9.17) is 5.11 Å². The molecule has 1 N–H and O–H groups in total. The number of carbonyl (C=O) groups excluding carboxylic acids is 1. The molecule has 0 saturated carbocycles. The van der Waals surface area contributed by atoms with Crippen LogP contribution >= 0.6 is 0 Å². The molecule has 0 aliphatic rings. The minimum absolute atomic E-state index is 0.0829. The summed E-state index contributed by atoms with van der Waals surface area (Å²) in [6.07, 6.45) is 0. The number of aromatic nitrogens is 1. The first-order chi connectivity index (χ1) is 9.90. The van der Waals surface area contributed by atoms with Gasteiger partial charge in [0, 0.05) is 25.2 Å². The van der Waals surface area contributed by atoms with Gasteiger partial charge in [-0.1, -0.05) is 12.1 Å². The number of rotatable bonds is 3. The number of pyridine rings is 1. The van der Waals surface area contributed by atoms with Gasteiger partial charge in [-0.2, -0.15) is 0 Å². The molecule has 0 bridgehead atoms. The number of benzene rings is 1. The van der Waals surface area contributed by atoms with E-state index in [1.807, 2.05) is 13.0 Å². The lowest BCUT2D eigenvalue weighted by atomic mass is 10.0. The summed E-state index contributed by atoms with van der Waals surface area (Å²) in [6, 6.07) is 10.3. The van der Waals surface area contributed by atoms with Crippen molar-refractivity contribution in [2.24, 2.45) is 0 Å². The molecule has 1 aromatic heterocycles. The first kappa shape index (κ1) is 14.7. The number of carbonyl (C=O) groups is 2. The highest BCUT2D eigenvalue weighted by Crippen LogP contribution is 2.25. The van der Waals surface area contributed by atoms with Crippen LogP contribution in [0.3, 0.4) is 0 Å². The predicted octanol–water partition coefficient (Wildman–Crippen LogP) is 2.74. The quantitative estimate of drug-likeness (QED) is 0.940. The third kappa shape index (κ3) is 3.08. The Morgan fingerprint density at radius 2 is 1.71 bits per heavy atom. The number of carboxylic acids is 1. The number of anilines is 1. The number of hydrogen-bond acceptors (Lipinski definition) is 3. The van der Waals surface area contributed by atoms with Gasteiger partial charge in [0.25, 0.3) is 0 Å². The van der Waals surface area contributed by atoms with E-state index in [1.165, 1.54) is 11.8 Å². The Hall–Kier alpha value is -2.69. The van der Waals surface area contributed by atoms with E-state index in [0.29, 0.717) is 5.82 Å². The Labute approximate surface area is 122 Å². The van der Waals surface area contributed by atoms with Crippen LogP contribution in [0, 0.1) is 6.92 Å².